The van der Waals surface area contributed by atoms with Gasteiger partial charge >= 0.3 is 0 Å². The lowest BCUT2D eigenvalue weighted by molar-refractivity contribution is -0.140. The number of aryl methyl sites for hydroxylation is 1. The first-order chi connectivity index (χ1) is 36.0. The van der Waals surface area contributed by atoms with Gasteiger partial charge < -0.3 is 39.2 Å². The number of sulfonamides is 1. The maximum absolute atomic E-state index is 15.4. The fourth-order valence-corrected chi connectivity index (χ4v) is 12.6. The smallest absolute Gasteiger partial charge is 0.289 e. The number of methoxy groups -OCH3 is 1. The van der Waals surface area contributed by atoms with E-state index in [-0.39, 0.29) is 48.8 Å². The standard InChI is InChI=1S/C55H64N8O10S2/c1-33(2)42-32-74-49(58-42)41-29-46(39-18-19-44(71-5)34(3)47(39)57-41)73-38-28-43-48(64)59-55(53(68)60-75(69,70)54(4)20-21-54)30-36(55)14-9-7-6-8-10-16-40(51(66)63(43)31-38)56-37-15-11-13-35(27-37)50(65)61-22-24-62(25-23-61)52(67)45-17-12-26-72-45/h9,11-15,17-19,26-27,29,32-33,36,38,40,43,56H,6-8,10,16,20-25,28,30-31H2,1-5H3,(H,59,64)(H,60,68)/b14-9-/t36-,38-,40+,43+,55-/m1/s1. The summed E-state index contributed by atoms with van der Waals surface area (Å²) in [4.78, 5) is 86.4. The molecule has 0 unspecified atom stereocenters. The van der Waals surface area contributed by atoms with Gasteiger partial charge in [-0.15, -0.1) is 11.3 Å². The van der Waals surface area contributed by atoms with Crippen LogP contribution in [0.25, 0.3) is 21.6 Å². The Kier molecular flexibility index (Phi) is 14.3. The van der Waals surface area contributed by atoms with Crippen LogP contribution in [-0.4, -0.2) is 131 Å². The van der Waals surface area contributed by atoms with E-state index in [1.165, 1.54) is 22.5 Å². The molecular formula is C55H64N8O10S2. The van der Waals surface area contributed by atoms with E-state index < -0.39 is 56.2 Å². The van der Waals surface area contributed by atoms with E-state index in [2.05, 4.69) is 29.2 Å². The first kappa shape index (κ1) is 51.7. The number of allylic oxidation sites excluding steroid dienone is 1. The Morgan fingerprint density at radius 2 is 1.72 bits per heavy atom. The number of benzene rings is 2. The molecule has 2 aromatic carbocycles. The molecule has 5 aliphatic rings. The Labute approximate surface area is 440 Å². The number of furan rings is 1. The number of hydrogen-bond donors (Lipinski definition) is 3. The molecule has 4 fully saturated rings. The number of piperazine rings is 1. The van der Waals surface area contributed by atoms with E-state index in [4.69, 9.17) is 23.9 Å². The van der Waals surface area contributed by atoms with E-state index in [9.17, 15) is 22.8 Å². The van der Waals surface area contributed by atoms with Crippen molar-refractivity contribution in [2.24, 2.45) is 5.92 Å². The number of ether oxygens (including phenoxy) is 2. The summed E-state index contributed by atoms with van der Waals surface area (Å²) in [5.41, 5.74) is 2.35. The largest absolute Gasteiger partial charge is 0.496 e. The Morgan fingerprint density at radius 1 is 0.947 bits per heavy atom. The van der Waals surface area contributed by atoms with Gasteiger partial charge in [-0.3, -0.25) is 28.7 Å². The fraction of sp³-hybridized carbons (Fsp3) is 0.473. The third-order valence-electron chi connectivity index (χ3n) is 15.5. The minimum atomic E-state index is -4.04. The zero-order chi connectivity index (χ0) is 52.8. The maximum atomic E-state index is 15.4. The number of amides is 5. The monoisotopic (exact) mass is 1060 g/mol. The molecule has 0 radical (unpaired) electrons. The van der Waals surface area contributed by atoms with Crippen LogP contribution in [0.4, 0.5) is 5.69 Å². The third kappa shape index (κ3) is 10.5. The topological polar surface area (TPSA) is 223 Å². The summed E-state index contributed by atoms with van der Waals surface area (Å²) in [6.45, 7) is 9.02. The van der Waals surface area contributed by atoms with E-state index in [1.54, 1.807) is 60.2 Å². The molecule has 10 rings (SSSR count). The first-order valence-electron chi connectivity index (χ1n) is 25.9. The van der Waals surface area contributed by atoms with Crippen LogP contribution in [0.15, 0.2) is 82.8 Å². The lowest BCUT2D eigenvalue weighted by Crippen LogP contribution is -2.58. The van der Waals surface area contributed by atoms with Gasteiger partial charge in [-0.05, 0) is 101 Å². The second-order valence-corrected chi connectivity index (χ2v) is 24.1. The fourth-order valence-electron chi connectivity index (χ4n) is 10.4. The quantitative estimate of drug-likeness (QED) is 0.105. The van der Waals surface area contributed by atoms with Crippen LogP contribution in [0.5, 0.6) is 11.5 Å². The van der Waals surface area contributed by atoms with Gasteiger partial charge in [0.2, 0.25) is 21.8 Å². The first-order valence-corrected chi connectivity index (χ1v) is 28.3. The summed E-state index contributed by atoms with van der Waals surface area (Å²) in [7, 11) is -2.44. The van der Waals surface area contributed by atoms with Crippen LogP contribution in [0.2, 0.25) is 0 Å². The zero-order valence-corrected chi connectivity index (χ0v) is 44.6. The van der Waals surface area contributed by atoms with Crippen molar-refractivity contribution in [2.45, 2.75) is 120 Å². The molecule has 75 heavy (non-hydrogen) atoms. The minimum Gasteiger partial charge on any atom is -0.496 e. The predicted molar refractivity (Wildman–Crippen MR) is 283 cm³/mol. The molecule has 5 atom stereocenters. The molecule has 3 aromatic heterocycles. The van der Waals surface area contributed by atoms with Gasteiger partial charge in [-0.1, -0.05) is 44.9 Å². The highest BCUT2D eigenvalue weighted by Crippen LogP contribution is 2.48. The summed E-state index contributed by atoms with van der Waals surface area (Å²) in [6.07, 6.45) is 9.01. The molecule has 3 aliphatic heterocycles. The minimum absolute atomic E-state index is 0.000323. The number of pyridine rings is 1. The summed E-state index contributed by atoms with van der Waals surface area (Å²) < 4.78 is 46.1. The SMILES string of the molecule is COc1ccc2c(O[C@@H]3C[C@H]4C(=O)N[C@]5(C(=O)NS(=O)(=O)C6(C)CC6)C[C@H]5/C=C\CCCCC[C@H](Nc5cccc(C(=O)N6CCN(C(=O)c7ccco7)CC6)c5)C(=O)N4C3)cc(-c3nc(C(C)C)cs3)nc2c1C. The lowest BCUT2D eigenvalue weighted by Gasteiger charge is -2.34. The number of aromatic nitrogens is 2. The number of nitrogens with zero attached hydrogens (tertiary/aromatic N) is 5. The Morgan fingerprint density at radius 3 is 2.43 bits per heavy atom. The van der Waals surface area contributed by atoms with Crippen molar-refractivity contribution in [1.82, 2.24) is 34.7 Å². The van der Waals surface area contributed by atoms with Crippen molar-refractivity contribution in [2.75, 3.05) is 45.2 Å². The van der Waals surface area contributed by atoms with Gasteiger partial charge in [-0.25, -0.2) is 18.4 Å². The second kappa shape index (κ2) is 20.7. The van der Waals surface area contributed by atoms with Gasteiger partial charge in [0.25, 0.3) is 17.7 Å². The highest BCUT2D eigenvalue weighted by Gasteiger charge is 2.63. The summed E-state index contributed by atoms with van der Waals surface area (Å²) in [5.74, 6) is -1.12. The predicted octanol–water partition coefficient (Wildman–Crippen LogP) is 7.21. The van der Waals surface area contributed by atoms with Crippen LogP contribution in [0.1, 0.15) is 117 Å². The molecule has 2 saturated heterocycles. The number of rotatable bonds is 12. The van der Waals surface area contributed by atoms with Gasteiger partial charge in [0.1, 0.15) is 45.9 Å². The molecule has 0 bridgehead atoms. The zero-order valence-electron chi connectivity index (χ0n) is 42.9. The van der Waals surface area contributed by atoms with Crippen molar-refractivity contribution in [3.63, 3.8) is 0 Å². The third-order valence-corrected chi connectivity index (χ3v) is 18.5. The number of thiazole rings is 1. The molecule has 396 valence electrons. The van der Waals surface area contributed by atoms with Crippen LogP contribution in [0, 0.1) is 12.8 Å². The van der Waals surface area contributed by atoms with E-state index in [0.29, 0.717) is 103 Å². The maximum Gasteiger partial charge on any atom is 0.289 e. The van der Waals surface area contributed by atoms with Crippen molar-refractivity contribution < 1.29 is 46.3 Å². The van der Waals surface area contributed by atoms with Crippen LogP contribution in [-0.2, 0) is 24.4 Å². The molecule has 2 saturated carbocycles. The highest BCUT2D eigenvalue weighted by molar-refractivity contribution is 7.91. The van der Waals surface area contributed by atoms with E-state index in [1.807, 2.05) is 42.7 Å². The van der Waals surface area contributed by atoms with Gasteiger partial charge in [-0.2, -0.15) is 0 Å². The van der Waals surface area contributed by atoms with Crippen molar-refractivity contribution in [1.29, 1.82) is 0 Å². The number of fused-ring (bicyclic) bond motifs is 3. The molecule has 5 amide bonds. The number of carbonyl (C=O) groups excluding carboxylic acids is 5. The molecule has 6 heterocycles. The number of anilines is 1. The number of hydrogen-bond acceptors (Lipinski definition) is 14. The molecule has 0 spiro atoms. The van der Waals surface area contributed by atoms with Crippen molar-refractivity contribution in [3.8, 4) is 22.2 Å². The van der Waals surface area contributed by atoms with Crippen LogP contribution < -0.4 is 24.8 Å². The van der Waals surface area contributed by atoms with Crippen LogP contribution >= 0.6 is 11.3 Å². The van der Waals surface area contributed by atoms with E-state index >= 15 is 9.59 Å². The van der Waals surface area contributed by atoms with Crippen molar-refractivity contribution >= 4 is 67.5 Å². The lowest BCUT2D eigenvalue weighted by atomic mass is 10.0. The number of carbonyl (C=O) groups is 5. The summed E-state index contributed by atoms with van der Waals surface area (Å²) in [5, 5.41) is 9.86. The average molecular weight is 1060 g/mol. The number of nitrogens with one attached hydrogen (secondary N) is 3. The highest BCUT2D eigenvalue weighted by atomic mass is 32.2. The second-order valence-electron chi connectivity index (χ2n) is 21.1. The summed E-state index contributed by atoms with van der Waals surface area (Å²) >= 11 is 1.48. The van der Waals surface area contributed by atoms with Gasteiger partial charge in [0.05, 0.1) is 35.9 Å². The molecular weight excluding hydrogens is 997 g/mol. The molecule has 3 N–H and O–H groups in total. The average Bonchev–Trinajstić information content (AvgIpc) is 4.02. The molecule has 2 aliphatic carbocycles. The Hall–Kier alpha value is -6.80. The normalized spacial score (nSPS) is 24.3. The molecule has 18 nitrogen and oxygen atoms in total. The summed E-state index contributed by atoms with van der Waals surface area (Å²) in [6, 6.07) is 13.9. The Balaban J connectivity index is 0.953. The van der Waals surface area contributed by atoms with Crippen LogP contribution in [0.3, 0.4) is 0 Å². The van der Waals surface area contributed by atoms with Gasteiger partial charge in [0.15, 0.2) is 5.76 Å². The molecule has 20 heteroatoms. The van der Waals surface area contributed by atoms with E-state index in [0.717, 1.165) is 24.1 Å². The Bertz CT molecular complexity index is 3160. The van der Waals surface area contributed by atoms with Gasteiger partial charge in [0, 0.05) is 72.2 Å². The molecule has 5 aromatic rings. The van der Waals surface area contributed by atoms with Crippen molar-refractivity contribution in [3.05, 3.63) is 101 Å².